The minimum absolute atomic E-state index is 0.189. The minimum atomic E-state index is -0.772. The first kappa shape index (κ1) is 42.1. The number of nitrogens with zero attached hydrogens (tertiary/aromatic N) is 7. The molecule has 15 nitrogen and oxygen atoms in total. The van der Waals surface area contributed by atoms with Gasteiger partial charge in [-0.2, -0.15) is 5.10 Å². The van der Waals surface area contributed by atoms with Crippen LogP contribution in [-0.4, -0.2) is 72.4 Å². The Kier molecular flexibility index (Phi) is 10.6. The van der Waals surface area contributed by atoms with E-state index in [1.54, 1.807) is 59.6 Å². The number of hydrogen-bond acceptors (Lipinski definition) is 12. The number of rotatable bonds is 12. The highest BCUT2D eigenvalue weighted by Crippen LogP contribution is 2.71. The van der Waals surface area contributed by atoms with Crippen molar-refractivity contribution in [3.05, 3.63) is 102 Å². The second kappa shape index (κ2) is 15.8. The topological polar surface area (TPSA) is 166 Å². The molecule has 1 aliphatic heterocycles. The maximum Gasteiger partial charge on any atom is 0.416 e. The number of fused-ring (bicyclic) bond motifs is 2. The summed E-state index contributed by atoms with van der Waals surface area (Å²) < 4.78 is 42.2. The normalized spacial score (nSPS) is 19.9. The predicted octanol–water partition coefficient (Wildman–Crippen LogP) is 9.16. The monoisotopic (exact) mass is 968 g/mol. The Morgan fingerprint density at radius 2 is 1.60 bits per heavy atom. The van der Waals surface area contributed by atoms with E-state index in [0.29, 0.717) is 77.3 Å². The number of carbonyl (C=O) groups is 2. The molecule has 326 valence electrons. The Morgan fingerprint density at radius 3 is 2.19 bits per heavy atom. The van der Waals surface area contributed by atoms with Crippen molar-refractivity contribution in [1.82, 2.24) is 24.7 Å². The van der Waals surface area contributed by atoms with E-state index in [-0.39, 0.29) is 35.2 Å². The van der Waals surface area contributed by atoms with Crippen LogP contribution in [0.25, 0.3) is 22.0 Å². The smallest absolute Gasteiger partial charge is 0.416 e. The molecule has 2 bridgehead atoms. The SMILES string of the molecule is COc1ccc(CN(Cc2ccc(OC)cc2)c2c(F)c(-c3cnc4c(c3C)N(C(=O)OC(C)(C)C)C(I)CO4)cc3nc(Nc4cnn(C56CC(C(=O)O)(C5)C6)c4)ncc23)cc1. The van der Waals surface area contributed by atoms with Gasteiger partial charge in [0.2, 0.25) is 11.8 Å². The van der Waals surface area contributed by atoms with Crippen LogP contribution in [0.3, 0.4) is 0 Å². The number of methoxy groups -OCH3 is 2. The molecule has 3 fully saturated rings. The second-order valence-electron chi connectivity index (χ2n) is 17.5. The summed E-state index contributed by atoms with van der Waals surface area (Å²) in [5.41, 5.74) is 2.99. The molecule has 0 radical (unpaired) electrons. The van der Waals surface area contributed by atoms with Gasteiger partial charge in [0.1, 0.15) is 33.4 Å². The minimum Gasteiger partial charge on any atom is -0.497 e. The third-order valence-corrected chi connectivity index (χ3v) is 12.9. The van der Waals surface area contributed by atoms with Crippen LogP contribution in [0.4, 0.5) is 32.2 Å². The quantitative estimate of drug-likeness (QED) is 0.0678. The number of carboxylic acid groups (broad SMARTS) is 1. The number of hydrogen-bond donors (Lipinski definition) is 2. The zero-order valence-corrected chi connectivity index (χ0v) is 37.8. The first-order chi connectivity index (χ1) is 30.1. The van der Waals surface area contributed by atoms with Crippen molar-refractivity contribution in [3.8, 4) is 28.5 Å². The Morgan fingerprint density at radius 1 is 0.968 bits per heavy atom. The van der Waals surface area contributed by atoms with E-state index in [4.69, 9.17) is 23.9 Å². The fourth-order valence-corrected chi connectivity index (χ4v) is 9.59. The van der Waals surface area contributed by atoms with Gasteiger partial charge < -0.3 is 34.3 Å². The number of carboxylic acids is 1. The molecule has 1 atom stereocenters. The number of aromatic nitrogens is 5. The van der Waals surface area contributed by atoms with Crippen LogP contribution < -0.4 is 29.3 Å². The first-order valence-electron chi connectivity index (χ1n) is 20.4. The van der Waals surface area contributed by atoms with Gasteiger partial charge in [-0.05, 0) is 94.0 Å². The highest BCUT2D eigenvalue weighted by molar-refractivity contribution is 14.1. The third kappa shape index (κ3) is 7.69. The maximum atomic E-state index is 18.1. The summed E-state index contributed by atoms with van der Waals surface area (Å²) >= 11 is 2.14. The lowest BCUT2D eigenvalue weighted by Crippen LogP contribution is -2.70. The van der Waals surface area contributed by atoms with E-state index >= 15 is 4.39 Å². The van der Waals surface area contributed by atoms with Crippen molar-refractivity contribution in [2.24, 2.45) is 5.41 Å². The number of aliphatic carboxylic acids is 1. The molecule has 3 saturated carbocycles. The number of amides is 1. The average Bonchev–Trinajstić information content (AvgIpc) is 3.67. The van der Waals surface area contributed by atoms with E-state index in [2.05, 4.69) is 43.0 Å². The summed E-state index contributed by atoms with van der Waals surface area (Å²) in [4.78, 5) is 43.3. The van der Waals surface area contributed by atoms with Gasteiger partial charge in [0.05, 0.1) is 48.3 Å². The number of ether oxygens (including phenoxy) is 4. The number of halogens is 2. The van der Waals surface area contributed by atoms with E-state index in [0.717, 1.165) is 11.1 Å². The molecule has 6 aromatic rings. The van der Waals surface area contributed by atoms with Gasteiger partial charge in [0.25, 0.3) is 0 Å². The van der Waals surface area contributed by atoms with E-state index in [1.165, 1.54) is 4.90 Å². The van der Waals surface area contributed by atoms with Gasteiger partial charge >= 0.3 is 12.1 Å². The van der Waals surface area contributed by atoms with Gasteiger partial charge in [-0.3, -0.25) is 14.4 Å². The fourth-order valence-electron chi connectivity index (χ4n) is 8.90. The number of anilines is 4. The Bertz CT molecular complexity index is 2690. The average molecular weight is 969 g/mol. The fraction of sp³-hybridized carbons (Fsp3) is 0.348. The van der Waals surface area contributed by atoms with E-state index in [1.807, 2.05) is 71.2 Å². The summed E-state index contributed by atoms with van der Waals surface area (Å²) in [5, 5.41) is 17.9. The van der Waals surface area contributed by atoms with Crippen molar-refractivity contribution in [1.29, 1.82) is 0 Å². The number of nitrogens with one attached hydrogen (secondary N) is 1. The van der Waals surface area contributed by atoms with Crippen LogP contribution in [-0.2, 0) is 28.2 Å². The van der Waals surface area contributed by atoms with Crippen molar-refractivity contribution in [3.63, 3.8) is 0 Å². The van der Waals surface area contributed by atoms with Crippen LogP contribution in [0, 0.1) is 18.2 Å². The highest BCUT2D eigenvalue weighted by atomic mass is 127. The summed E-state index contributed by atoms with van der Waals surface area (Å²) in [6.45, 7) is 8.01. The summed E-state index contributed by atoms with van der Waals surface area (Å²) in [6, 6.07) is 16.9. The van der Waals surface area contributed by atoms with Crippen molar-refractivity contribution in [2.45, 2.75) is 75.2 Å². The van der Waals surface area contributed by atoms with E-state index in [9.17, 15) is 14.7 Å². The predicted molar refractivity (Wildman–Crippen MR) is 243 cm³/mol. The second-order valence-corrected chi connectivity index (χ2v) is 18.9. The third-order valence-electron chi connectivity index (χ3n) is 12.0. The standard InChI is InChI=1S/C46H46FIN8O7/c1-26-33(17-49-40-38(26)56(36(48)22-62-40)43(59)63-44(2,3)4)32-15-35-34(18-50-42(53-35)52-29-16-51-55(21-29)46-23-45(24-46,25-46)41(57)58)39(37(32)47)54(19-27-7-11-30(60-5)12-8-27)20-28-9-13-31(61-6)14-10-28/h7-18,21,36H,19-20,22-25H2,1-6H3,(H,57,58)(H,50,52,53). The van der Waals surface area contributed by atoms with Crippen LogP contribution in [0.1, 0.15) is 56.7 Å². The van der Waals surface area contributed by atoms with Gasteiger partial charge in [0.15, 0.2) is 5.82 Å². The molecule has 0 spiro atoms. The molecule has 2 N–H and O–H groups in total. The Balaban J connectivity index is 1.17. The van der Waals surface area contributed by atoms with Gasteiger partial charge in [0, 0.05) is 48.2 Å². The molecular formula is C46H46FIN8O7. The van der Waals surface area contributed by atoms with Crippen molar-refractivity contribution >= 4 is 68.6 Å². The van der Waals surface area contributed by atoms with Crippen LogP contribution in [0.5, 0.6) is 17.4 Å². The van der Waals surface area contributed by atoms with Crippen molar-refractivity contribution in [2.75, 3.05) is 35.9 Å². The zero-order chi connectivity index (χ0) is 44.4. The number of pyridine rings is 1. The van der Waals surface area contributed by atoms with Crippen LogP contribution >= 0.6 is 22.6 Å². The van der Waals surface area contributed by atoms with Crippen LogP contribution in [0.2, 0.25) is 0 Å². The summed E-state index contributed by atoms with van der Waals surface area (Å²) in [5.74, 6) is 0.581. The summed E-state index contributed by atoms with van der Waals surface area (Å²) in [7, 11) is 3.22. The Labute approximate surface area is 376 Å². The van der Waals surface area contributed by atoms with Gasteiger partial charge in [-0.1, -0.05) is 46.9 Å². The number of carbonyl (C=O) groups excluding carboxylic acids is 1. The molecule has 3 aromatic heterocycles. The van der Waals surface area contributed by atoms with Crippen molar-refractivity contribution < 1.29 is 38.0 Å². The highest BCUT2D eigenvalue weighted by Gasteiger charge is 2.73. The molecule has 4 heterocycles. The number of alkyl halides is 1. The first-order valence-corrected chi connectivity index (χ1v) is 21.7. The molecule has 1 amide bonds. The maximum absolute atomic E-state index is 18.1. The molecular weight excluding hydrogens is 922 g/mol. The number of benzene rings is 3. The largest absolute Gasteiger partial charge is 0.497 e. The van der Waals surface area contributed by atoms with E-state index < -0.39 is 32.9 Å². The lowest BCUT2D eigenvalue weighted by molar-refractivity contribution is -0.216. The van der Waals surface area contributed by atoms with Gasteiger partial charge in [-0.15, -0.1) is 0 Å². The molecule has 4 aliphatic rings. The molecule has 17 heteroatoms. The van der Waals surface area contributed by atoms with Gasteiger partial charge in [-0.25, -0.2) is 24.1 Å². The lowest BCUT2D eigenvalue weighted by Gasteiger charge is -2.67. The Hall–Kier alpha value is -6.24. The lowest BCUT2D eigenvalue weighted by atomic mass is 9.39. The van der Waals surface area contributed by atoms with Crippen LogP contribution in [0.15, 0.2) is 79.4 Å². The molecule has 3 aromatic carbocycles. The molecule has 63 heavy (non-hydrogen) atoms. The molecule has 10 rings (SSSR count). The molecule has 1 unspecified atom stereocenters. The molecule has 0 saturated heterocycles. The summed E-state index contributed by atoms with van der Waals surface area (Å²) in [6.07, 6.45) is 7.74. The zero-order valence-electron chi connectivity index (χ0n) is 35.6. The molecule has 3 aliphatic carbocycles.